The van der Waals surface area contributed by atoms with E-state index in [0.29, 0.717) is 17.0 Å². The van der Waals surface area contributed by atoms with Crippen molar-refractivity contribution >= 4 is 5.65 Å². The highest BCUT2D eigenvalue weighted by atomic mass is 19.4. The lowest BCUT2D eigenvalue weighted by atomic mass is 10.2. The van der Waals surface area contributed by atoms with Crippen molar-refractivity contribution in [2.45, 2.75) is 26.1 Å². The molecular formula is C11H11F3N2O. The molecule has 0 amide bonds. The van der Waals surface area contributed by atoms with Crippen LogP contribution in [0, 0.1) is 6.92 Å². The van der Waals surface area contributed by atoms with Crippen molar-refractivity contribution in [2.75, 3.05) is 0 Å². The van der Waals surface area contributed by atoms with Crippen molar-refractivity contribution in [1.29, 1.82) is 0 Å². The summed E-state index contributed by atoms with van der Waals surface area (Å²) in [7, 11) is 0. The molecule has 92 valence electrons. The Morgan fingerprint density at radius 1 is 1.35 bits per heavy atom. The number of pyridine rings is 1. The van der Waals surface area contributed by atoms with Crippen LogP contribution in [0.15, 0.2) is 18.3 Å². The van der Waals surface area contributed by atoms with Gasteiger partial charge in [-0.15, -0.1) is 0 Å². The summed E-state index contributed by atoms with van der Waals surface area (Å²) < 4.78 is 39.0. The first-order chi connectivity index (χ1) is 7.80. The van der Waals surface area contributed by atoms with Crippen molar-refractivity contribution in [3.8, 4) is 0 Å². The number of hydrogen-bond acceptors (Lipinski definition) is 2. The van der Waals surface area contributed by atoms with Gasteiger partial charge in [0.2, 0.25) is 0 Å². The van der Waals surface area contributed by atoms with E-state index < -0.39 is 17.8 Å². The maximum atomic E-state index is 12.6. The highest BCUT2D eigenvalue weighted by molar-refractivity contribution is 5.45. The van der Waals surface area contributed by atoms with Gasteiger partial charge in [-0.1, -0.05) is 0 Å². The first-order valence-electron chi connectivity index (χ1n) is 5.04. The molecule has 2 heterocycles. The number of imidazole rings is 1. The maximum absolute atomic E-state index is 12.6. The quantitative estimate of drug-likeness (QED) is 0.837. The van der Waals surface area contributed by atoms with Crippen LogP contribution in [0.2, 0.25) is 0 Å². The average Bonchev–Trinajstić information content (AvgIpc) is 2.50. The summed E-state index contributed by atoms with van der Waals surface area (Å²) in [6, 6.07) is 2.27. The number of aliphatic hydroxyl groups is 1. The van der Waals surface area contributed by atoms with Gasteiger partial charge in [0.05, 0.1) is 23.1 Å². The number of halogens is 3. The van der Waals surface area contributed by atoms with E-state index in [0.717, 1.165) is 12.3 Å². The zero-order valence-corrected chi connectivity index (χ0v) is 9.28. The number of fused-ring (bicyclic) bond motifs is 1. The van der Waals surface area contributed by atoms with Gasteiger partial charge in [0.15, 0.2) is 0 Å². The Morgan fingerprint density at radius 3 is 2.53 bits per heavy atom. The predicted molar refractivity (Wildman–Crippen MR) is 55.6 cm³/mol. The summed E-state index contributed by atoms with van der Waals surface area (Å²) >= 11 is 0. The summed E-state index contributed by atoms with van der Waals surface area (Å²) in [6.07, 6.45) is -4.31. The molecular weight excluding hydrogens is 233 g/mol. The third-order valence-corrected chi connectivity index (χ3v) is 2.56. The second kappa shape index (κ2) is 3.73. The second-order valence-electron chi connectivity index (χ2n) is 3.90. The Morgan fingerprint density at radius 2 is 2.00 bits per heavy atom. The van der Waals surface area contributed by atoms with Crippen LogP contribution in [0.4, 0.5) is 13.2 Å². The van der Waals surface area contributed by atoms with Gasteiger partial charge in [-0.05, 0) is 26.0 Å². The van der Waals surface area contributed by atoms with Gasteiger partial charge >= 0.3 is 6.18 Å². The zero-order chi connectivity index (χ0) is 12.8. The Labute approximate surface area is 95.5 Å². The molecule has 0 aliphatic heterocycles. The Hall–Kier alpha value is -1.56. The predicted octanol–water partition coefficient (Wildman–Crippen LogP) is 2.71. The summed E-state index contributed by atoms with van der Waals surface area (Å²) in [5, 5.41) is 9.54. The largest absolute Gasteiger partial charge is 0.417 e. The molecule has 0 fully saturated rings. The minimum atomic E-state index is -4.40. The first kappa shape index (κ1) is 11.9. The number of aryl methyl sites for hydroxylation is 1. The highest BCUT2D eigenvalue weighted by Crippen LogP contribution is 2.30. The van der Waals surface area contributed by atoms with Crippen LogP contribution in [0.3, 0.4) is 0 Å². The van der Waals surface area contributed by atoms with Crippen molar-refractivity contribution in [2.24, 2.45) is 0 Å². The molecule has 0 aromatic carbocycles. The van der Waals surface area contributed by atoms with E-state index in [2.05, 4.69) is 4.98 Å². The van der Waals surface area contributed by atoms with Gasteiger partial charge in [0, 0.05) is 6.20 Å². The molecule has 17 heavy (non-hydrogen) atoms. The number of hydrogen-bond donors (Lipinski definition) is 1. The van der Waals surface area contributed by atoms with Crippen LogP contribution in [0.25, 0.3) is 5.65 Å². The minimum Gasteiger partial charge on any atom is -0.387 e. The Balaban J connectivity index is 2.71. The molecule has 2 aromatic heterocycles. The van der Waals surface area contributed by atoms with Crippen LogP contribution in [0.1, 0.15) is 30.0 Å². The summed E-state index contributed by atoms with van der Waals surface area (Å²) in [5.74, 6) is 0. The molecule has 0 bridgehead atoms. The highest BCUT2D eigenvalue weighted by Gasteiger charge is 2.31. The van der Waals surface area contributed by atoms with Crippen molar-refractivity contribution in [3.63, 3.8) is 0 Å². The number of rotatable bonds is 1. The SMILES string of the molecule is Cc1nc2ccc(C(F)(F)F)cn2c1C(C)O. The number of aliphatic hydroxyl groups excluding tert-OH is 1. The monoisotopic (exact) mass is 244 g/mol. The van der Waals surface area contributed by atoms with Crippen LogP contribution < -0.4 is 0 Å². The second-order valence-corrected chi connectivity index (χ2v) is 3.90. The number of aromatic nitrogens is 2. The molecule has 3 nitrogen and oxygen atoms in total. The number of alkyl halides is 3. The van der Waals surface area contributed by atoms with E-state index in [1.54, 1.807) is 6.92 Å². The molecule has 0 aliphatic rings. The van der Waals surface area contributed by atoms with E-state index in [4.69, 9.17) is 0 Å². The van der Waals surface area contributed by atoms with Gasteiger partial charge in [-0.2, -0.15) is 13.2 Å². The van der Waals surface area contributed by atoms with Crippen molar-refractivity contribution in [3.05, 3.63) is 35.3 Å². The summed E-state index contributed by atoms with van der Waals surface area (Å²) in [4.78, 5) is 4.09. The molecule has 0 radical (unpaired) electrons. The fraction of sp³-hybridized carbons (Fsp3) is 0.364. The third-order valence-electron chi connectivity index (χ3n) is 2.56. The van der Waals surface area contributed by atoms with E-state index in [1.165, 1.54) is 17.4 Å². The Kier molecular flexibility index (Phi) is 2.61. The van der Waals surface area contributed by atoms with Gasteiger partial charge in [0.1, 0.15) is 5.65 Å². The van der Waals surface area contributed by atoms with E-state index in [1.807, 2.05) is 0 Å². The van der Waals surface area contributed by atoms with Gasteiger partial charge < -0.3 is 9.51 Å². The normalized spacial score (nSPS) is 14.2. The number of nitrogens with zero attached hydrogens (tertiary/aromatic N) is 2. The van der Waals surface area contributed by atoms with Crippen LogP contribution in [-0.2, 0) is 6.18 Å². The molecule has 2 aromatic rings. The zero-order valence-electron chi connectivity index (χ0n) is 9.28. The Bertz CT molecular complexity index is 558. The van der Waals surface area contributed by atoms with E-state index in [-0.39, 0.29) is 0 Å². The molecule has 1 atom stereocenters. The fourth-order valence-electron chi connectivity index (χ4n) is 1.85. The van der Waals surface area contributed by atoms with E-state index >= 15 is 0 Å². The maximum Gasteiger partial charge on any atom is 0.417 e. The van der Waals surface area contributed by atoms with Crippen LogP contribution in [0.5, 0.6) is 0 Å². The topological polar surface area (TPSA) is 37.5 Å². The summed E-state index contributed by atoms with van der Waals surface area (Å²) in [6.45, 7) is 3.15. The fourth-order valence-corrected chi connectivity index (χ4v) is 1.85. The lowest BCUT2D eigenvalue weighted by Gasteiger charge is -2.09. The van der Waals surface area contributed by atoms with Gasteiger partial charge in [0.25, 0.3) is 0 Å². The average molecular weight is 244 g/mol. The van der Waals surface area contributed by atoms with Crippen molar-refractivity contribution < 1.29 is 18.3 Å². The summed E-state index contributed by atoms with van der Waals surface area (Å²) in [5.41, 5.74) is 0.543. The standard InChI is InChI=1S/C11H11F3N2O/c1-6-10(7(2)17)16-5-8(11(12,13)14)3-4-9(16)15-6/h3-5,7,17H,1-2H3. The minimum absolute atomic E-state index is 0.381. The molecule has 1 N–H and O–H groups in total. The van der Waals surface area contributed by atoms with Gasteiger partial charge in [-0.3, -0.25) is 0 Å². The smallest absolute Gasteiger partial charge is 0.387 e. The first-order valence-corrected chi connectivity index (χ1v) is 5.04. The van der Waals surface area contributed by atoms with Gasteiger partial charge in [-0.25, -0.2) is 4.98 Å². The third kappa shape index (κ3) is 2.00. The molecule has 0 saturated heterocycles. The molecule has 1 unspecified atom stereocenters. The van der Waals surface area contributed by atoms with Crippen LogP contribution >= 0.6 is 0 Å². The molecule has 2 rings (SSSR count). The lowest BCUT2D eigenvalue weighted by molar-refractivity contribution is -0.137. The van der Waals surface area contributed by atoms with Crippen LogP contribution in [-0.4, -0.2) is 14.5 Å². The van der Waals surface area contributed by atoms with Crippen molar-refractivity contribution in [1.82, 2.24) is 9.38 Å². The molecule has 0 saturated carbocycles. The molecule has 0 aliphatic carbocycles. The molecule has 0 spiro atoms. The van der Waals surface area contributed by atoms with E-state index in [9.17, 15) is 18.3 Å². The lowest BCUT2D eigenvalue weighted by Crippen LogP contribution is -2.07. The molecule has 6 heteroatoms.